The standard InChI is InChI=1S/C29H28N2O6S2/c1-37-26-17-23(29(32)33)13-16-25(26)31(39(34,35)36)24-14-11-21(12-15-24)27-18-30-28(38-27)22-9-7-20(8-10-22)19-5-3-2-4-6-19/h7-19H,2-6H2,1H3,(H,32,33)(H,34,35,36). The van der Waals surface area contributed by atoms with Gasteiger partial charge in [0.15, 0.2) is 0 Å². The van der Waals surface area contributed by atoms with Crippen LogP contribution in [0.25, 0.3) is 21.0 Å². The average molecular weight is 565 g/mol. The number of anilines is 2. The molecule has 0 bridgehead atoms. The van der Waals surface area contributed by atoms with Crippen molar-refractivity contribution < 1.29 is 27.6 Å². The Morgan fingerprint density at radius 1 is 0.974 bits per heavy atom. The Kier molecular flexibility index (Phi) is 7.69. The first-order valence-electron chi connectivity index (χ1n) is 12.6. The first-order valence-corrected chi connectivity index (χ1v) is 14.8. The van der Waals surface area contributed by atoms with E-state index in [1.807, 2.05) is 0 Å². The maximum atomic E-state index is 12.4. The minimum absolute atomic E-state index is 0.0156. The van der Waals surface area contributed by atoms with Crippen molar-refractivity contribution in [3.63, 3.8) is 0 Å². The number of nitrogens with zero attached hydrogens (tertiary/aromatic N) is 2. The molecule has 1 aliphatic rings. The lowest BCUT2D eigenvalue weighted by atomic mass is 9.84. The number of rotatable bonds is 8. The molecule has 0 spiro atoms. The summed E-state index contributed by atoms with van der Waals surface area (Å²) in [6.45, 7) is 0. The number of aromatic nitrogens is 1. The van der Waals surface area contributed by atoms with Crippen molar-refractivity contribution in [2.45, 2.75) is 38.0 Å². The molecule has 1 aliphatic carbocycles. The van der Waals surface area contributed by atoms with Gasteiger partial charge in [-0.1, -0.05) is 55.7 Å². The van der Waals surface area contributed by atoms with Crippen LogP contribution < -0.4 is 9.04 Å². The van der Waals surface area contributed by atoms with Crippen LogP contribution >= 0.6 is 11.3 Å². The molecule has 0 radical (unpaired) electrons. The van der Waals surface area contributed by atoms with Gasteiger partial charge in [0.2, 0.25) is 0 Å². The van der Waals surface area contributed by atoms with Crippen LogP contribution in [-0.2, 0) is 10.3 Å². The zero-order chi connectivity index (χ0) is 27.6. The van der Waals surface area contributed by atoms with Crippen molar-refractivity contribution in [3.05, 3.63) is 84.1 Å². The van der Waals surface area contributed by atoms with Gasteiger partial charge in [0.05, 0.1) is 23.2 Å². The second-order valence-electron chi connectivity index (χ2n) is 9.47. The predicted octanol–water partition coefficient (Wildman–Crippen LogP) is 7.17. The highest BCUT2D eigenvalue weighted by atomic mass is 32.2. The second kappa shape index (κ2) is 11.2. The molecule has 5 rings (SSSR count). The monoisotopic (exact) mass is 564 g/mol. The third-order valence-corrected chi connectivity index (χ3v) is 8.97. The average Bonchev–Trinajstić information content (AvgIpc) is 3.44. The maximum Gasteiger partial charge on any atom is 0.364 e. The number of carbonyl (C=O) groups is 1. The van der Waals surface area contributed by atoms with Gasteiger partial charge in [-0.15, -0.1) is 11.3 Å². The smallest absolute Gasteiger partial charge is 0.364 e. The van der Waals surface area contributed by atoms with Gasteiger partial charge in [-0.25, -0.2) is 14.1 Å². The molecule has 1 fully saturated rings. The van der Waals surface area contributed by atoms with E-state index < -0.39 is 16.3 Å². The highest BCUT2D eigenvalue weighted by Gasteiger charge is 2.26. The van der Waals surface area contributed by atoms with Crippen LogP contribution in [0, 0.1) is 0 Å². The number of benzene rings is 3. The molecule has 0 amide bonds. The van der Waals surface area contributed by atoms with Crippen molar-refractivity contribution in [1.82, 2.24) is 4.98 Å². The Balaban J connectivity index is 1.39. The van der Waals surface area contributed by atoms with Crippen LogP contribution in [-0.4, -0.2) is 36.1 Å². The Hall–Kier alpha value is -3.73. The highest BCUT2D eigenvalue weighted by Crippen LogP contribution is 2.39. The molecule has 0 atom stereocenters. The first kappa shape index (κ1) is 26.9. The van der Waals surface area contributed by atoms with Crippen LogP contribution in [0.2, 0.25) is 0 Å². The van der Waals surface area contributed by atoms with Crippen molar-refractivity contribution in [3.8, 4) is 26.8 Å². The summed E-state index contributed by atoms with van der Waals surface area (Å²) in [6.07, 6.45) is 8.23. The van der Waals surface area contributed by atoms with E-state index >= 15 is 0 Å². The van der Waals surface area contributed by atoms with E-state index in [2.05, 4.69) is 29.2 Å². The number of methoxy groups -OCH3 is 1. The fourth-order valence-electron chi connectivity index (χ4n) is 5.01. The van der Waals surface area contributed by atoms with Crippen LogP contribution in [0.4, 0.5) is 11.4 Å². The largest absolute Gasteiger partial charge is 0.495 e. The first-order chi connectivity index (χ1) is 18.7. The maximum absolute atomic E-state index is 12.4. The quantitative estimate of drug-likeness (QED) is 0.218. The molecule has 1 heterocycles. The molecular weight excluding hydrogens is 536 g/mol. The molecule has 0 unspecified atom stereocenters. The van der Waals surface area contributed by atoms with E-state index in [9.17, 15) is 22.9 Å². The SMILES string of the molecule is COc1cc(C(=O)O)ccc1N(c1ccc(-c2cnc(-c3ccc(C4CCCCC4)cc3)s2)cc1)S(=O)(=O)O. The van der Waals surface area contributed by atoms with Gasteiger partial charge in [0.25, 0.3) is 0 Å². The molecule has 10 heteroatoms. The van der Waals surface area contributed by atoms with E-state index in [4.69, 9.17) is 4.74 Å². The molecule has 39 heavy (non-hydrogen) atoms. The molecular formula is C29H28N2O6S2. The Bertz CT molecular complexity index is 1580. The summed E-state index contributed by atoms with van der Waals surface area (Å²) in [6, 6.07) is 19.0. The summed E-state index contributed by atoms with van der Waals surface area (Å²) in [7, 11) is -3.47. The Labute approximate surface area is 231 Å². The van der Waals surface area contributed by atoms with Crippen molar-refractivity contribution in [2.75, 3.05) is 11.4 Å². The summed E-state index contributed by atoms with van der Waals surface area (Å²) in [5.41, 5.74) is 3.34. The molecule has 8 nitrogen and oxygen atoms in total. The predicted molar refractivity (Wildman–Crippen MR) is 152 cm³/mol. The number of hydrogen-bond donors (Lipinski definition) is 2. The molecule has 1 aromatic heterocycles. The molecule has 4 aromatic rings. The number of thiazole rings is 1. The third kappa shape index (κ3) is 5.83. The minimum Gasteiger partial charge on any atom is -0.495 e. The number of carboxylic acid groups (broad SMARTS) is 1. The number of aromatic carboxylic acids is 1. The van der Waals surface area contributed by atoms with Crippen molar-refractivity contribution in [2.24, 2.45) is 0 Å². The normalized spacial score (nSPS) is 14.2. The van der Waals surface area contributed by atoms with Crippen LogP contribution in [0.5, 0.6) is 5.75 Å². The summed E-state index contributed by atoms with van der Waals surface area (Å²) in [5, 5.41) is 10.1. The third-order valence-electron chi connectivity index (χ3n) is 7.00. The van der Waals surface area contributed by atoms with E-state index in [0.29, 0.717) is 10.2 Å². The summed E-state index contributed by atoms with van der Waals surface area (Å²) in [4.78, 5) is 16.8. The lowest BCUT2D eigenvalue weighted by molar-refractivity contribution is 0.0696. The number of ether oxygens (including phenoxy) is 1. The second-order valence-corrected chi connectivity index (χ2v) is 11.8. The van der Waals surface area contributed by atoms with E-state index in [1.54, 1.807) is 30.5 Å². The zero-order valence-electron chi connectivity index (χ0n) is 21.3. The van der Waals surface area contributed by atoms with Crippen LogP contribution in [0.1, 0.15) is 53.9 Å². The molecule has 202 valence electrons. The summed E-state index contributed by atoms with van der Waals surface area (Å²) < 4.78 is 40.7. The molecule has 2 N–H and O–H groups in total. The Morgan fingerprint density at radius 3 is 2.26 bits per heavy atom. The van der Waals surface area contributed by atoms with Gasteiger partial charge in [0, 0.05) is 11.8 Å². The van der Waals surface area contributed by atoms with Crippen molar-refractivity contribution >= 4 is 39.0 Å². The van der Waals surface area contributed by atoms with Gasteiger partial charge in [-0.3, -0.25) is 4.55 Å². The number of hydrogen-bond acceptors (Lipinski definition) is 6. The van der Waals surface area contributed by atoms with E-state index in [0.717, 1.165) is 21.0 Å². The summed E-state index contributed by atoms with van der Waals surface area (Å²) >= 11 is 1.54. The zero-order valence-corrected chi connectivity index (χ0v) is 22.9. The van der Waals surface area contributed by atoms with Gasteiger partial charge < -0.3 is 9.84 Å². The van der Waals surface area contributed by atoms with Gasteiger partial charge in [-0.2, -0.15) is 8.42 Å². The van der Waals surface area contributed by atoms with Crippen LogP contribution in [0.15, 0.2) is 72.9 Å². The Morgan fingerprint density at radius 2 is 1.64 bits per heavy atom. The van der Waals surface area contributed by atoms with Crippen LogP contribution in [0.3, 0.4) is 0 Å². The molecule has 0 aliphatic heterocycles. The van der Waals surface area contributed by atoms with Gasteiger partial charge >= 0.3 is 16.3 Å². The molecule has 1 saturated carbocycles. The highest BCUT2D eigenvalue weighted by molar-refractivity contribution is 7.87. The molecule has 0 saturated heterocycles. The lowest BCUT2D eigenvalue weighted by Gasteiger charge is -2.23. The fourth-order valence-corrected chi connectivity index (χ4v) is 6.73. The number of carboxylic acids is 1. The minimum atomic E-state index is -4.76. The lowest BCUT2D eigenvalue weighted by Crippen LogP contribution is -2.25. The van der Waals surface area contributed by atoms with E-state index in [-0.39, 0.29) is 22.7 Å². The topological polar surface area (TPSA) is 117 Å². The molecule has 3 aromatic carbocycles. The van der Waals surface area contributed by atoms with Gasteiger partial charge in [0.1, 0.15) is 16.4 Å². The summed E-state index contributed by atoms with van der Waals surface area (Å²) in [5.74, 6) is -0.555. The fraction of sp³-hybridized carbons (Fsp3) is 0.241. The van der Waals surface area contributed by atoms with Crippen molar-refractivity contribution in [1.29, 1.82) is 0 Å². The van der Waals surface area contributed by atoms with Gasteiger partial charge in [-0.05, 0) is 60.2 Å². The van der Waals surface area contributed by atoms with E-state index in [1.165, 1.54) is 74.3 Å².